The van der Waals surface area contributed by atoms with Gasteiger partial charge in [0.15, 0.2) is 0 Å². The van der Waals surface area contributed by atoms with Gasteiger partial charge in [0, 0.05) is 30.6 Å². The summed E-state index contributed by atoms with van der Waals surface area (Å²) in [7, 11) is 2.16. The van der Waals surface area contributed by atoms with E-state index in [0.29, 0.717) is 12.0 Å². The van der Waals surface area contributed by atoms with Crippen molar-refractivity contribution in [2.75, 3.05) is 37.3 Å². The topological polar surface area (TPSA) is 58.3 Å². The Morgan fingerprint density at radius 2 is 2.16 bits per heavy atom. The van der Waals surface area contributed by atoms with Crippen LogP contribution in [0.15, 0.2) is 6.07 Å². The molecule has 2 aromatic heterocycles. The summed E-state index contributed by atoms with van der Waals surface area (Å²) < 4.78 is 0. The quantitative estimate of drug-likeness (QED) is 0.860. The number of fused-ring (bicyclic) bond motifs is 1. The molecule has 3 heterocycles. The normalized spacial score (nSPS) is 21.2. The van der Waals surface area contributed by atoms with Crippen molar-refractivity contribution in [1.29, 1.82) is 0 Å². The monoisotopic (exact) mass is 277 g/mol. The summed E-state index contributed by atoms with van der Waals surface area (Å²) in [5, 5.41) is 1.13. The first-order valence-corrected chi connectivity index (χ1v) is 7.35. The molecule has 1 saturated heterocycles. The molecule has 0 amide bonds. The molecular weight excluding hydrogens is 258 g/mol. The second-order valence-electron chi connectivity index (χ2n) is 5.29. The Kier molecular flexibility index (Phi) is 3.06. The molecule has 0 bridgehead atoms. The van der Waals surface area contributed by atoms with Crippen LogP contribution in [-0.2, 0) is 0 Å². The maximum Gasteiger partial charge on any atom is 0.223 e. The second-order valence-corrected chi connectivity index (χ2v) is 6.52. The predicted molar refractivity (Wildman–Crippen MR) is 80.9 cm³/mol. The van der Waals surface area contributed by atoms with Crippen molar-refractivity contribution in [3.8, 4) is 0 Å². The van der Waals surface area contributed by atoms with Crippen molar-refractivity contribution in [3.05, 3.63) is 10.9 Å². The van der Waals surface area contributed by atoms with Crippen LogP contribution >= 0.6 is 11.3 Å². The van der Waals surface area contributed by atoms with Gasteiger partial charge in [0.2, 0.25) is 5.95 Å². The molecule has 0 spiro atoms. The molecule has 1 fully saturated rings. The maximum absolute atomic E-state index is 5.86. The smallest absolute Gasteiger partial charge is 0.223 e. The molecule has 0 aromatic carbocycles. The molecule has 102 valence electrons. The SMILES string of the molecule is Cc1cc2c(N3CCN(C)CC3C)nc(N)nc2s1. The van der Waals surface area contributed by atoms with Crippen LogP contribution in [0.4, 0.5) is 11.8 Å². The lowest BCUT2D eigenvalue weighted by Crippen LogP contribution is -2.50. The van der Waals surface area contributed by atoms with Gasteiger partial charge >= 0.3 is 0 Å². The van der Waals surface area contributed by atoms with Crippen LogP contribution in [0.2, 0.25) is 0 Å². The molecule has 0 aliphatic carbocycles. The van der Waals surface area contributed by atoms with Gasteiger partial charge in [0.25, 0.3) is 0 Å². The summed E-state index contributed by atoms with van der Waals surface area (Å²) in [4.78, 5) is 15.8. The predicted octanol–water partition coefficient (Wildman–Crippen LogP) is 1.72. The summed E-state index contributed by atoms with van der Waals surface area (Å²) >= 11 is 1.68. The summed E-state index contributed by atoms with van der Waals surface area (Å²) in [6.45, 7) is 7.42. The van der Waals surface area contributed by atoms with Crippen molar-refractivity contribution in [3.63, 3.8) is 0 Å². The van der Waals surface area contributed by atoms with E-state index in [0.717, 1.165) is 35.7 Å². The maximum atomic E-state index is 5.86. The molecule has 2 N–H and O–H groups in total. The number of aryl methyl sites for hydroxylation is 1. The molecule has 1 unspecified atom stereocenters. The van der Waals surface area contributed by atoms with Gasteiger partial charge in [-0.05, 0) is 27.0 Å². The number of nitrogens with two attached hydrogens (primary N) is 1. The van der Waals surface area contributed by atoms with Gasteiger partial charge in [0.1, 0.15) is 10.6 Å². The first-order valence-electron chi connectivity index (χ1n) is 6.53. The minimum absolute atomic E-state index is 0.371. The number of piperazine rings is 1. The fraction of sp³-hybridized carbons (Fsp3) is 0.538. The highest BCUT2D eigenvalue weighted by molar-refractivity contribution is 7.18. The third-order valence-corrected chi connectivity index (χ3v) is 4.56. The molecule has 0 saturated carbocycles. The Balaban J connectivity index is 2.08. The Hall–Kier alpha value is -1.40. The molecule has 2 aromatic rings. The number of nitrogen functional groups attached to an aromatic ring is 1. The molecule has 6 heteroatoms. The highest BCUT2D eigenvalue weighted by Crippen LogP contribution is 2.32. The second kappa shape index (κ2) is 4.61. The van der Waals surface area contributed by atoms with Crippen LogP contribution in [0.25, 0.3) is 10.2 Å². The highest BCUT2D eigenvalue weighted by atomic mass is 32.1. The number of likely N-dealkylation sites (N-methyl/N-ethyl adjacent to an activating group) is 1. The van der Waals surface area contributed by atoms with Crippen LogP contribution < -0.4 is 10.6 Å². The number of rotatable bonds is 1. The molecule has 0 radical (unpaired) electrons. The van der Waals surface area contributed by atoms with Gasteiger partial charge in [-0.25, -0.2) is 4.98 Å². The van der Waals surface area contributed by atoms with E-state index in [9.17, 15) is 0 Å². The van der Waals surface area contributed by atoms with Gasteiger partial charge in [-0.15, -0.1) is 11.3 Å². The van der Waals surface area contributed by atoms with E-state index in [-0.39, 0.29) is 0 Å². The van der Waals surface area contributed by atoms with Crippen molar-refractivity contribution in [1.82, 2.24) is 14.9 Å². The van der Waals surface area contributed by atoms with Crippen molar-refractivity contribution in [2.45, 2.75) is 19.9 Å². The molecular formula is C13H19N5S. The van der Waals surface area contributed by atoms with Gasteiger partial charge in [-0.3, -0.25) is 0 Å². The molecule has 5 nitrogen and oxygen atoms in total. The first-order chi connectivity index (χ1) is 9.04. The van der Waals surface area contributed by atoms with E-state index in [1.165, 1.54) is 4.88 Å². The molecule has 1 aliphatic rings. The van der Waals surface area contributed by atoms with E-state index in [4.69, 9.17) is 5.73 Å². The minimum atomic E-state index is 0.371. The fourth-order valence-electron chi connectivity index (χ4n) is 2.72. The number of aromatic nitrogens is 2. The Morgan fingerprint density at radius 3 is 2.89 bits per heavy atom. The number of anilines is 2. The fourth-order valence-corrected chi connectivity index (χ4v) is 3.60. The summed E-state index contributed by atoms with van der Waals surface area (Å²) in [5.74, 6) is 1.36. The lowest BCUT2D eigenvalue weighted by atomic mass is 10.2. The average molecular weight is 277 g/mol. The third kappa shape index (κ3) is 2.26. The van der Waals surface area contributed by atoms with Crippen LogP contribution in [0.3, 0.4) is 0 Å². The number of hydrogen-bond acceptors (Lipinski definition) is 6. The Bertz CT molecular complexity index is 608. The number of nitrogens with zero attached hydrogens (tertiary/aromatic N) is 4. The lowest BCUT2D eigenvalue weighted by molar-refractivity contribution is 0.275. The van der Waals surface area contributed by atoms with Crippen LogP contribution in [0.5, 0.6) is 0 Å². The van der Waals surface area contributed by atoms with Crippen molar-refractivity contribution >= 4 is 33.3 Å². The van der Waals surface area contributed by atoms with Crippen LogP contribution in [-0.4, -0.2) is 47.6 Å². The average Bonchev–Trinajstić information content (AvgIpc) is 2.68. The van der Waals surface area contributed by atoms with Crippen molar-refractivity contribution < 1.29 is 0 Å². The first kappa shape index (κ1) is 12.6. The Labute approximate surface area is 117 Å². The standard InChI is InChI=1S/C13H19N5S/c1-8-7-17(3)4-5-18(8)11-10-6-9(2)19-12(10)16-13(14)15-11/h6,8H,4-5,7H2,1-3H3,(H2,14,15,16). The van der Waals surface area contributed by atoms with Gasteiger partial charge in [-0.2, -0.15) is 4.98 Å². The zero-order valence-electron chi connectivity index (χ0n) is 11.6. The largest absolute Gasteiger partial charge is 0.368 e. The number of hydrogen-bond donors (Lipinski definition) is 1. The molecule has 3 rings (SSSR count). The zero-order valence-corrected chi connectivity index (χ0v) is 12.4. The zero-order chi connectivity index (χ0) is 13.6. The summed E-state index contributed by atoms with van der Waals surface area (Å²) in [5.41, 5.74) is 5.86. The number of thiophene rings is 1. The Morgan fingerprint density at radius 1 is 1.37 bits per heavy atom. The summed E-state index contributed by atoms with van der Waals surface area (Å²) in [6.07, 6.45) is 0. The van der Waals surface area contributed by atoms with E-state index < -0.39 is 0 Å². The summed E-state index contributed by atoms with van der Waals surface area (Å²) in [6, 6.07) is 2.61. The highest BCUT2D eigenvalue weighted by Gasteiger charge is 2.25. The van der Waals surface area contributed by atoms with E-state index >= 15 is 0 Å². The molecule has 19 heavy (non-hydrogen) atoms. The third-order valence-electron chi connectivity index (χ3n) is 3.62. The molecule has 1 aliphatic heterocycles. The molecule has 1 atom stereocenters. The van der Waals surface area contributed by atoms with E-state index in [1.807, 2.05) is 0 Å². The van der Waals surface area contributed by atoms with Gasteiger partial charge in [0.05, 0.1) is 5.39 Å². The van der Waals surface area contributed by atoms with E-state index in [2.05, 4.69) is 46.7 Å². The lowest BCUT2D eigenvalue weighted by Gasteiger charge is -2.39. The van der Waals surface area contributed by atoms with Gasteiger partial charge in [-0.1, -0.05) is 0 Å². The van der Waals surface area contributed by atoms with Crippen LogP contribution in [0, 0.1) is 6.92 Å². The van der Waals surface area contributed by atoms with Gasteiger partial charge < -0.3 is 15.5 Å². The van der Waals surface area contributed by atoms with E-state index in [1.54, 1.807) is 11.3 Å². The minimum Gasteiger partial charge on any atom is -0.368 e. The van der Waals surface area contributed by atoms with Crippen molar-refractivity contribution in [2.24, 2.45) is 0 Å². The van der Waals surface area contributed by atoms with Crippen LogP contribution in [0.1, 0.15) is 11.8 Å².